The maximum atomic E-state index is 12.6. The average Bonchev–Trinajstić information content (AvgIpc) is 3.66. The molecule has 1 aliphatic carbocycles. The summed E-state index contributed by atoms with van der Waals surface area (Å²) in [6, 6.07) is 6.41. The number of benzene rings is 1. The number of aromatic nitrogens is 2. The zero-order valence-electron chi connectivity index (χ0n) is 21.0. The first-order valence-electron chi connectivity index (χ1n) is 13.2. The van der Waals surface area contributed by atoms with Gasteiger partial charge >= 0.3 is 6.09 Å². The lowest BCUT2D eigenvalue weighted by molar-refractivity contribution is -0.0112. The van der Waals surface area contributed by atoms with Crippen LogP contribution >= 0.6 is 0 Å². The van der Waals surface area contributed by atoms with Gasteiger partial charge in [0.1, 0.15) is 11.6 Å². The summed E-state index contributed by atoms with van der Waals surface area (Å²) < 4.78 is 14.7. The van der Waals surface area contributed by atoms with Crippen LogP contribution in [0.15, 0.2) is 18.2 Å². The number of hydrogen-bond donors (Lipinski definition) is 1. The number of imidazole rings is 1. The highest BCUT2D eigenvalue weighted by Crippen LogP contribution is 2.49. The predicted molar refractivity (Wildman–Crippen MR) is 133 cm³/mol. The summed E-state index contributed by atoms with van der Waals surface area (Å²) in [4.78, 5) is 22.2. The Morgan fingerprint density at radius 3 is 2.83 bits per heavy atom. The molecular formula is C27H37N5O3. The summed E-state index contributed by atoms with van der Waals surface area (Å²) in [6.45, 7) is 8.97. The Morgan fingerprint density at radius 2 is 2.03 bits per heavy atom. The van der Waals surface area contributed by atoms with Crippen molar-refractivity contribution in [1.29, 1.82) is 0 Å². The van der Waals surface area contributed by atoms with Gasteiger partial charge in [-0.05, 0) is 62.9 Å². The van der Waals surface area contributed by atoms with Crippen molar-refractivity contribution < 1.29 is 14.3 Å². The van der Waals surface area contributed by atoms with Gasteiger partial charge in [0.15, 0.2) is 5.60 Å². The Bertz CT molecular complexity index is 1090. The van der Waals surface area contributed by atoms with Crippen molar-refractivity contribution in [3.8, 4) is 17.0 Å². The first-order chi connectivity index (χ1) is 17.0. The summed E-state index contributed by atoms with van der Waals surface area (Å²) in [6.07, 6.45) is 4.81. The molecule has 4 aliphatic rings. The molecule has 1 spiro atoms. The van der Waals surface area contributed by atoms with Gasteiger partial charge in [-0.2, -0.15) is 0 Å². The van der Waals surface area contributed by atoms with E-state index in [0.29, 0.717) is 25.6 Å². The van der Waals surface area contributed by atoms with Crippen LogP contribution in [0.25, 0.3) is 11.3 Å². The average molecular weight is 480 g/mol. The molecule has 2 aromatic rings. The van der Waals surface area contributed by atoms with E-state index < -0.39 is 5.60 Å². The number of nitrogens with zero attached hydrogens (tertiary/aromatic N) is 4. The highest BCUT2D eigenvalue weighted by molar-refractivity contribution is 5.74. The van der Waals surface area contributed by atoms with Crippen molar-refractivity contribution >= 4 is 6.09 Å². The number of amides is 1. The third-order valence-electron chi connectivity index (χ3n) is 8.08. The standard InChI is InChI=1S/C27H37N5O3/c1-19-4-7-21-22(16-19)35-27(8-13-32(14-9-27)26(33)34-18-20-5-6-20)25-24(21)29-23(30(25)2)17-31-12-3-10-28-11-15-31/h4,7,16,20,28H,3,5-6,8-15,17-18H2,1-2H3. The largest absolute Gasteiger partial charge is 0.480 e. The number of carbonyl (C=O) groups excluding carboxylic acids is 1. The number of aryl methyl sites for hydroxylation is 1. The van der Waals surface area contributed by atoms with Crippen LogP contribution in [-0.2, 0) is 23.9 Å². The molecule has 0 atom stereocenters. The van der Waals surface area contributed by atoms with Crippen LogP contribution < -0.4 is 10.1 Å². The van der Waals surface area contributed by atoms with Gasteiger partial charge in [-0.1, -0.05) is 6.07 Å². The third-order valence-corrected chi connectivity index (χ3v) is 8.08. The minimum Gasteiger partial charge on any atom is -0.480 e. The Hall–Kier alpha value is -2.58. The fourth-order valence-electron chi connectivity index (χ4n) is 5.78. The minimum absolute atomic E-state index is 0.181. The van der Waals surface area contributed by atoms with Gasteiger partial charge in [-0.3, -0.25) is 4.90 Å². The Labute approximate surface area is 207 Å². The second-order valence-corrected chi connectivity index (χ2v) is 10.8. The van der Waals surface area contributed by atoms with E-state index >= 15 is 0 Å². The van der Waals surface area contributed by atoms with Crippen molar-refractivity contribution in [2.24, 2.45) is 13.0 Å². The number of ether oxygens (including phenoxy) is 2. The van der Waals surface area contributed by atoms with Crippen molar-refractivity contribution in [2.75, 3.05) is 45.9 Å². The summed E-state index contributed by atoms with van der Waals surface area (Å²) >= 11 is 0. The molecule has 0 unspecified atom stereocenters. The zero-order valence-corrected chi connectivity index (χ0v) is 21.0. The molecule has 1 amide bonds. The fraction of sp³-hybridized carbons (Fsp3) is 0.630. The monoisotopic (exact) mass is 479 g/mol. The molecule has 8 nitrogen and oxygen atoms in total. The van der Waals surface area contributed by atoms with Crippen molar-refractivity contribution in [3.63, 3.8) is 0 Å². The number of carbonyl (C=O) groups is 1. The van der Waals surface area contributed by atoms with Gasteiger partial charge in [0.2, 0.25) is 0 Å². The second kappa shape index (κ2) is 9.13. The van der Waals surface area contributed by atoms with Crippen LogP contribution in [0.4, 0.5) is 4.79 Å². The zero-order chi connectivity index (χ0) is 24.0. The van der Waals surface area contributed by atoms with E-state index in [1.165, 1.54) is 18.4 Å². The summed E-state index contributed by atoms with van der Waals surface area (Å²) in [7, 11) is 2.14. The van der Waals surface area contributed by atoms with Gasteiger partial charge in [0, 0.05) is 51.6 Å². The quantitative estimate of drug-likeness (QED) is 0.725. The van der Waals surface area contributed by atoms with Crippen molar-refractivity contribution in [2.45, 2.75) is 51.2 Å². The maximum absolute atomic E-state index is 12.6. The second-order valence-electron chi connectivity index (χ2n) is 10.8. The third kappa shape index (κ3) is 4.42. The lowest BCUT2D eigenvalue weighted by Gasteiger charge is -2.44. The number of nitrogens with one attached hydrogen (secondary N) is 1. The molecule has 2 saturated heterocycles. The van der Waals surface area contributed by atoms with Crippen LogP contribution in [0.5, 0.6) is 5.75 Å². The molecule has 1 saturated carbocycles. The summed E-state index contributed by atoms with van der Waals surface area (Å²) in [5.41, 5.74) is 3.96. The van der Waals surface area contributed by atoms with Crippen LogP contribution in [0.2, 0.25) is 0 Å². The van der Waals surface area contributed by atoms with Crippen molar-refractivity contribution in [1.82, 2.24) is 24.7 Å². The Balaban J connectivity index is 1.29. The Morgan fingerprint density at radius 1 is 1.20 bits per heavy atom. The topological polar surface area (TPSA) is 71.9 Å². The summed E-state index contributed by atoms with van der Waals surface area (Å²) in [5, 5.41) is 3.49. The molecule has 3 fully saturated rings. The van der Waals surface area contributed by atoms with Gasteiger partial charge in [0.05, 0.1) is 24.5 Å². The molecule has 6 rings (SSSR count). The van der Waals surface area contributed by atoms with Crippen LogP contribution in [0, 0.1) is 12.8 Å². The number of likely N-dealkylation sites (tertiary alicyclic amines) is 1. The number of rotatable bonds is 4. The molecule has 35 heavy (non-hydrogen) atoms. The van der Waals surface area contributed by atoms with Gasteiger partial charge in [-0.25, -0.2) is 9.78 Å². The maximum Gasteiger partial charge on any atom is 0.409 e. The summed E-state index contributed by atoms with van der Waals surface area (Å²) in [5.74, 6) is 2.57. The predicted octanol–water partition coefficient (Wildman–Crippen LogP) is 3.42. The number of piperidine rings is 1. The highest BCUT2D eigenvalue weighted by Gasteiger charge is 2.48. The van der Waals surface area contributed by atoms with E-state index in [0.717, 1.165) is 80.5 Å². The number of fused-ring (bicyclic) bond motifs is 4. The van der Waals surface area contributed by atoms with Crippen molar-refractivity contribution in [3.05, 3.63) is 35.3 Å². The molecule has 1 aromatic carbocycles. The van der Waals surface area contributed by atoms with E-state index in [4.69, 9.17) is 14.5 Å². The molecule has 1 aromatic heterocycles. The molecule has 0 radical (unpaired) electrons. The Kier molecular flexibility index (Phi) is 5.96. The molecule has 0 bridgehead atoms. The molecule has 4 heterocycles. The smallest absolute Gasteiger partial charge is 0.409 e. The van der Waals surface area contributed by atoms with Gasteiger partial charge in [0.25, 0.3) is 0 Å². The van der Waals surface area contributed by atoms with E-state index in [-0.39, 0.29) is 6.09 Å². The van der Waals surface area contributed by atoms with E-state index in [2.05, 4.69) is 47.0 Å². The van der Waals surface area contributed by atoms with Crippen LogP contribution in [0.1, 0.15) is 49.2 Å². The molecule has 8 heteroatoms. The molecule has 3 aliphatic heterocycles. The van der Waals surface area contributed by atoms with Crippen LogP contribution in [0.3, 0.4) is 0 Å². The molecule has 1 N–H and O–H groups in total. The highest BCUT2D eigenvalue weighted by atomic mass is 16.6. The van der Waals surface area contributed by atoms with E-state index in [9.17, 15) is 4.79 Å². The fourth-order valence-corrected chi connectivity index (χ4v) is 5.78. The normalized spacial score (nSPS) is 21.7. The van der Waals surface area contributed by atoms with Crippen LogP contribution in [-0.4, -0.2) is 71.3 Å². The first-order valence-corrected chi connectivity index (χ1v) is 13.2. The minimum atomic E-state index is -0.482. The van der Waals surface area contributed by atoms with E-state index in [1.54, 1.807) is 0 Å². The first kappa shape index (κ1) is 22.9. The SMILES string of the molecule is Cc1ccc2c(c1)OC1(CCN(C(=O)OCC3CC3)CC1)c1c-2nc(CN2CCCNCC2)n1C. The van der Waals surface area contributed by atoms with Gasteiger partial charge in [-0.15, -0.1) is 0 Å². The number of hydrogen-bond acceptors (Lipinski definition) is 6. The lowest BCUT2D eigenvalue weighted by Crippen LogP contribution is -2.50. The molecular weight excluding hydrogens is 442 g/mol. The van der Waals surface area contributed by atoms with Gasteiger partial charge < -0.3 is 24.3 Å². The van der Waals surface area contributed by atoms with E-state index in [1.807, 2.05) is 4.90 Å². The molecule has 188 valence electrons. The lowest BCUT2D eigenvalue weighted by atomic mass is 9.83.